The second-order valence-corrected chi connectivity index (χ2v) is 6.44. The van der Waals surface area contributed by atoms with Crippen molar-refractivity contribution in [1.82, 2.24) is 9.97 Å². The molecule has 1 aromatic carbocycles. The Labute approximate surface area is 128 Å². The smallest absolute Gasteiger partial charge is 0.251 e. The van der Waals surface area contributed by atoms with E-state index < -0.39 is 0 Å². The minimum atomic E-state index is -0.308. The van der Waals surface area contributed by atoms with Crippen LogP contribution in [0.1, 0.15) is 34.1 Å². The third-order valence-electron chi connectivity index (χ3n) is 3.30. The monoisotopic (exact) mass is 302 g/mol. The number of rotatable bonds is 4. The molecule has 5 heteroatoms. The highest BCUT2D eigenvalue weighted by Crippen LogP contribution is 2.22. The molecule has 21 heavy (non-hydrogen) atoms. The van der Waals surface area contributed by atoms with Gasteiger partial charge < -0.3 is 4.98 Å². The number of thioether (sulfide) groups is 1. The Morgan fingerprint density at radius 3 is 2.52 bits per heavy atom. The molecule has 0 aliphatic heterocycles. The molecule has 1 heterocycles. The fourth-order valence-electron chi connectivity index (χ4n) is 1.96. The van der Waals surface area contributed by atoms with Crippen LogP contribution >= 0.6 is 11.8 Å². The predicted octanol–water partition coefficient (Wildman–Crippen LogP) is 3.06. The second kappa shape index (κ2) is 6.26. The van der Waals surface area contributed by atoms with Gasteiger partial charge in [0.05, 0.1) is 5.25 Å². The molecule has 0 saturated carbocycles. The molecule has 0 amide bonds. The fraction of sp³-hybridized carbons (Fsp3) is 0.312. The molecule has 0 fully saturated rings. The van der Waals surface area contributed by atoms with E-state index in [-0.39, 0.29) is 16.6 Å². The van der Waals surface area contributed by atoms with Gasteiger partial charge >= 0.3 is 0 Å². The lowest BCUT2D eigenvalue weighted by atomic mass is 10.0. The van der Waals surface area contributed by atoms with Gasteiger partial charge in [0.1, 0.15) is 0 Å². The Hall–Kier alpha value is -1.88. The van der Waals surface area contributed by atoms with E-state index in [1.807, 2.05) is 39.0 Å². The summed E-state index contributed by atoms with van der Waals surface area (Å²) in [4.78, 5) is 30.7. The number of hydrogen-bond donors (Lipinski definition) is 1. The van der Waals surface area contributed by atoms with E-state index >= 15 is 0 Å². The van der Waals surface area contributed by atoms with Gasteiger partial charge in [-0.3, -0.25) is 9.59 Å². The third kappa shape index (κ3) is 3.82. The number of Topliss-reactive ketones (excluding diaryl/α,β-unsaturated/α-hetero) is 1. The zero-order valence-corrected chi connectivity index (χ0v) is 13.4. The fourth-order valence-corrected chi connectivity index (χ4v) is 2.89. The first-order valence-corrected chi connectivity index (χ1v) is 7.61. The minimum Gasteiger partial charge on any atom is -0.301 e. The zero-order valence-electron chi connectivity index (χ0n) is 12.6. The number of nitrogens with zero attached hydrogens (tertiary/aromatic N) is 1. The van der Waals surface area contributed by atoms with Crippen LogP contribution in [0.15, 0.2) is 34.2 Å². The van der Waals surface area contributed by atoms with Gasteiger partial charge in [-0.1, -0.05) is 23.9 Å². The van der Waals surface area contributed by atoms with Crippen molar-refractivity contribution >= 4 is 17.5 Å². The standard InChI is InChI=1S/C16H18N2O2S/c1-9-5-6-13(7-10(9)2)15(20)12(4)21-16-17-11(3)8-14(19)18-16/h5-8,12H,1-4H3,(H,17,18,19). The van der Waals surface area contributed by atoms with E-state index in [0.717, 1.165) is 11.1 Å². The van der Waals surface area contributed by atoms with Crippen molar-refractivity contribution in [2.45, 2.75) is 38.1 Å². The van der Waals surface area contributed by atoms with Gasteiger partial charge in [0.2, 0.25) is 0 Å². The average molecular weight is 302 g/mol. The summed E-state index contributed by atoms with van der Waals surface area (Å²) in [7, 11) is 0. The molecule has 1 atom stereocenters. The second-order valence-electron chi connectivity index (χ2n) is 5.12. The van der Waals surface area contributed by atoms with Crippen LogP contribution < -0.4 is 5.56 Å². The van der Waals surface area contributed by atoms with Crippen LogP contribution in [0.2, 0.25) is 0 Å². The van der Waals surface area contributed by atoms with Crippen molar-refractivity contribution in [2.24, 2.45) is 0 Å². The van der Waals surface area contributed by atoms with Gasteiger partial charge in [-0.25, -0.2) is 4.98 Å². The molecule has 0 aliphatic carbocycles. The minimum absolute atomic E-state index is 0.0345. The number of H-pyrrole nitrogens is 1. The average Bonchev–Trinajstić information content (AvgIpc) is 2.39. The molecule has 2 aromatic rings. The lowest BCUT2D eigenvalue weighted by molar-refractivity contribution is 0.0994. The van der Waals surface area contributed by atoms with Crippen LogP contribution in [0.3, 0.4) is 0 Å². The largest absolute Gasteiger partial charge is 0.301 e. The van der Waals surface area contributed by atoms with Gasteiger partial charge in [-0.15, -0.1) is 0 Å². The van der Waals surface area contributed by atoms with Gasteiger partial charge in [0, 0.05) is 17.3 Å². The van der Waals surface area contributed by atoms with Crippen molar-refractivity contribution < 1.29 is 4.79 Å². The molecule has 4 nitrogen and oxygen atoms in total. The van der Waals surface area contributed by atoms with E-state index in [4.69, 9.17) is 0 Å². The number of nitrogens with one attached hydrogen (secondary N) is 1. The first kappa shape index (κ1) is 15.5. The molecule has 0 radical (unpaired) electrons. The Balaban J connectivity index is 2.19. The molecule has 2 rings (SSSR count). The summed E-state index contributed by atoms with van der Waals surface area (Å²) < 4.78 is 0. The summed E-state index contributed by atoms with van der Waals surface area (Å²) in [6, 6.07) is 7.13. The molecule has 0 aliphatic rings. The molecule has 1 aromatic heterocycles. The van der Waals surface area contributed by atoms with Crippen LogP contribution in [0.4, 0.5) is 0 Å². The molecule has 1 N–H and O–H groups in total. The number of carbonyl (C=O) groups is 1. The summed E-state index contributed by atoms with van der Waals surface area (Å²) in [6.07, 6.45) is 0. The maximum atomic E-state index is 12.4. The summed E-state index contributed by atoms with van der Waals surface area (Å²) in [6.45, 7) is 7.59. The first-order valence-electron chi connectivity index (χ1n) is 6.73. The number of aromatic amines is 1. The van der Waals surface area contributed by atoms with Gasteiger partial charge in [-0.05, 0) is 44.9 Å². The normalized spacial score (nSPS) is 12.2. The summed E-state index contributed by atoms with van der Waals surface area (Å²) in [5.41, 5.74) is 3.40. The van der Waals surface area contributed by atoms with E-state index in [9.17, 15) is 9.59 Å². The maximum Gasteiger partial charge on any atom is 0.251 e. The zero-order chi connectivity index (χ0) is 15.6. The van der Waals surface area contributed by atoms with Crippen molar-refractivity contribution in [1.29, 1.82) is 0 Å². The molecule has 0 bridgehead atoms. The molecule has 1 unspecified atom stereocenters. The summed E-state index contributed by atoms with van der Waals surface area (Å²) in [5, 5.41) is 0.168. The molecule has 110 valence electrons. The number of hydrogen-bond acceptors (Lipinski definition) is 4. The van der Waals surface area contributed by atoms with Gasteiger partial charge in [0.25, 0.3) is 5.56 Å². The van der Waals surface area contributed by atoms with Crippen LogP contribution in [0.25, 0.3) is 0 Å². The number of aryl methyl sites for hydroxylation is 3. The number of ketones is 1. The SMILES string of the molecule is Cc1cc(=O)[nH]c(SC(C)C(=O)c2ccc(C)c(C)c2)n1. The quantitative estimate of drug-likeness (QED) is 0.535. The van der Waals surface area contributed by atoms with E-state index in [1.165, 1.54) is 17.8 Å². The van der Waals surface area contributed by atoms with Crippen LogP contribution in [-0.2, 0) is 0 Å². The van der Waals surface area contributed by atoms with Crippen molar-refractivity contribution in [3.8, 4) is 0 Å². The summed E-state index contributed by atoms with van der Waals surface area (Å²) in [5.74, 6) is 0.0345. The first-order chi connectivity index (χ1) is 9.86. The van der Waals surface area contributed by atoms with E-state index in [1.54, 1.807) is 6.92 Å². The van der Waals surface area contributed by atoms with Gasteiger partial charge in [-0.2, -0.15) is 0 Å². The maximum absolute atomic E-state index is 12.4. The molecule has 0 spiro atoms. The predicted molar refractivity (Wildman–Crippen MR) is 85.2 cm³/mol. The van der Waals surface area contributed by atoms with E-state index in [2.05, 4.69) is 9.97 Å². The Morgan fingerprint density at radius 1 is 1.19 bits per heavy atom. The van der Waals surface area contributed by atoms with Crippen molar-refractivity contribution in [3.05, 3.63) is 57.0 Å². The highest BCUT2D eigenvalue weighted by atomic mass is 32.2. The van der Waals surface area contributed by atoms with Crippen molar-refractivity contribution in [3.63, 3.8) is 0 Å². The molecular weight excluding hydrogens is 284 g/mol. The Kier molecular flexibility index (Phi) is 4.63. The number of aromatic nitrogens is 2. The third-order valence-corrected chi connectivity index (χ3v) is 4.28. The highest BCUT2D eigenvalue weighted by Gasteiger charge is 2.18. The lowest BCUT2D eigenvalue weighted by Crippen LogP contribution is -2.16. The van der Waals surface area contributed by atoms with Crippen LogP contribution in [0.5, 0.6) is 0 Å². The topological polar surface area (TPSA) is 62.8 Å². The molecule has 0 saturated heterocycles. The van der Waals surface area contributed by atoms with Crippen LogP contribution in [0, 0.1) is 20.8 Å². The molecular formula is C16H18N2O2S. The lowest BCUT2D eigenvalue weighted by Gasteiger charge is -2.11. The summed E-state index contributed by atoms with van der Waals surface area (Å²) >= 11 is 1.27. The Bertz CT molecular complexity index is 737. The number of benzene rings is 1. The van der Waals surface area contributed by atoms with Crippen molar-refractivity contribution in [2.75, 3.05) is 0 Å². The van der Waals surface area contributed by atoms with Crippen LogP contribution in [-0.4, -0.2) is 21.0 Å². The number of carbonyl (C=O) groups excluding carboxylic acids is 1. The van der Waals surface area contributed by atoms with E-state index in [0.29, 0.717) is 16.4 Å². The highest BCUT2D eigenvalue weighted by molar-refractivity contribution is 8.00. The Morgan fingerprint density at radius 2 is 1.90 bits per heavy atom. The van der Waals surface area contributed by atoms with Gasteiger partial charge in [0.15, 0.2) is 10.9 Å².